The van der Waals surface area contributed by atoms with E-state index in [0.29, 0.717) is 6.10 Å². The van der Waals surface area contributed by atoms with Crippen molar-refractivity contribution in [3.05, 3.63) is 0 Å². The number of nitrogens with one attached hydrogen (secondary N) is 1. The largest absolute Gasteiger partial charge is 0.377 e. The monoisotopic (exact) mass is 214 g/mol. The third-order valence-corrected chi connectivity index (χ3v) is 3.09. The summed E-state index contributed by atoms with van der Waals surface area (Å²) in [7, 11) is 0. The van der Waals surface area contributed by atoms with E-state index in [1.807, 2.05) is 0 Å². The SMILES string of the molecule is C1CO[C@@H](COCCN2CCNCC2)C1. The number of rotatable bonds is 5. The summed E-state index contributed by atoms with van der Waals surface area (Å²) in [5.74, 6) is 0. The summed E-state index contributed by atoms with van der Waals surface area (Å²) in [5, 5.41) is 3.35. The van der Waals surface area contributed by atoms with Gasteiger partial charge in [0.2, 0.25) is 0 Å². The van der Waals surface area contributed by atoms with Crippen LogP contribution < -0.4 is 5.32 Å². The molecule has 0 amide bonds. The molecular formula is C11H22N2O2. The molecule has 2 heterocycles. The third kappa shape index (κ3) is 4.07. The van der Waals surface area contributed by atoms with Crippen LogP contribution in [0.1, 0.15) is 12.8 Å². The van der Waals surface area contributed by atoms with E-state index in [2.05, 4.69) is 10.2 Å². The molecule has 4 nitrogen and oxygen atoms in total. The van der Waals surface area contributed by atoms with Crippen LogP contribution in [0.5, 0.6) is 0 Å². The fraction of sp³-hybridized carbons (Fsp3) is 1.00. The highest BCUT2D eigenvalue weighted by atomic mass is 16.5. The van der Waals surface area contributed by atoms with E-state index in [9.17, 15) is 0 Å². The van der Waals surface area contributed by atoms with Gasteiger partial charge >= 0.3 is 0 Å². The maximum absolute atomic E-state index is 5.63. The van der Waals surface area contributed by atoms with Crippen LogP contribution in [0.25, 0.3) is 0 Å². The van der Waals surface area contributed by atoms with Crippen LogP contribution in [-0.2, 0) is 9.47 Å². The Morgan fingerprint density at radius 3 is 2.93 bits per heavy atom. The van der Waals surface area contributed by atoms with E-state index < -0.39 is 0 Å². The minimum absolute atomic E-state index is 0.369. The van der Waals surface area contributed by atoms with Crippen LogP contribution in [0.4, 0.5) is 0 Å². The van der Waals surface area contributed by atoms with Crippen LogP contribution >= 0.6 is 0 Å². The summed E-state index contributed by atoms with van der Waals surface area (Å²) in [5.41, 5.74) is 0. The van der Waals surface area contributed by atoms with Gasteiger partial charge in [-0.05, 0) is 12.8 Å². The van der Waals surface area contributed by atoms with Gasteiger partial charge in [-0.25, -0.2) is 0 Å². The Balaban J connectivity index is 1.47. The Morgan fingerprint density at radius 2 is 2.20 bits per heavy atom. The van der Waals surface area contributed by atoms with Gasteiger partial charge in [0.1, 0.15) is 0 Å². The molecular weight excluding hydrogens is 192 g/mol. The third-order valence-electron chi connectivity index (χ3n) is 3.09. The first-order valence-corrected chi connectivity index (χ1v) is 6.07. The fourth-order valence-corrected chi connectivity index (χ4v) is 2.12. The van der Waals surface area contributed by atoms with Crippen molar-refractivity contribution < 1.29 is 9.47 Å². The maximum atomic E-state index is 5.63. The molecule has 0 aliphatic carbocycles. The van der Waals surface area contributed by atoms with E-state index in [4.69, 9.17) is 9.47 Å². The van der Waals surface area contributed by atoms with E-state index in [1.54, 1.807) is 0 Å². The molecule has 2 fully saturated rings. The lowest BCUT2D eigenvalue weighted by Crippen LogP contribution is -2.44. The lowest BCUT2D eigenvalue weighted by Gasteiger charge is -2.27. The second-order valence-electron chi connectivity index (χ2n) is 4.30. The molecule has 0 aromatic carbocycles. The zero-order valence-corrected chi connectivity index (χ0v) is 9.41. The van der Waals surface area contributed by atoms with Crippen LogP contribution in [0, 0.1) is 0 Å². The highest BCUT2D eigenvalue weighted by Crippen LogP contribution is 2.11. The smallest absolute Gasteiger partial charge is 0.0809 e. The average Bonchev–Trinajstić information content (AvgIpc) is 2.79. The Hall–Kier alpha value is -0.160. The number of piperazine rings is 1. The highest BCUT2D eigenvalue weighted by molar-refractivity contribution is 4.67. The molecule has 0 radical (unpaired) electrons. The fourth-order valence-electron chi connectivity index (χ4n) is 2.12. The van der Waals surface area contributed by atoms with Crippen molar-refractivity contribution in [3.8, 4) is 0 Å². The number of hydrogen-bond acceptors (Lipinski definition) is 4. The molecule has 0 aromatic heterocycles. The Morgan fingerprint density at radius 1 is 1.33 bits per heavy atom. The van der Waals surface area contributed by atoms with Gasteiger partial charge in [0.15, 0.2) is 0 Å². The molecule has 1 atom stereocenters. The van der Waals surface area contributed by atoms with E-state index in [-0.39, 0.29) is 0 Å². The number of hydrogen-bond donors (Lipinski definition) is 1. The maximum Gasteiger partial charge on any atom is 0.0809 e. The summed E-state index contributed by atoms with van der Waals surface area (Å²) in [4.78, 5) is 2.45. The van der Waals surface area contributed by atoms with Gasteiger partial charge in [-0.2, -0.15) is 0 Å². The van der Waals surface area contributed by atoms with Gasteiger partial charge in [0.25, 0.3) is 0 Å². The first-order valence-electron chi connectivity index (χ1n) is 6.07. The first kappa shape index (κ1) is 11.3. The molecule has 88 valence electrons. The van der Waals surface area contributed by atoms with Crippen LogP contribution in [-0.4, -0.2) is 63.5 Å². The van der Waals surface area contributed by atoms with E-state index >= 15 is 0 Å². The van der Waals surface area contributed by atoms with E-state index in [0.717, 1.165) is 52.5 Å². The molecule has 15 heavy (non-hydrogen) atoms. The van der Waals surface area contributed by atoms with Gasteiger partial charge in [-0.15, -0.1) is 0 Å². The molecule has 2 aliphatic rings. The predicted molar refractivity (Wildman–Crippen MR) is 59.1 cm³/mol. The van der Waals surface area contributed by atoms with Crippen LogP contribution in [0.15, 0.2) is 0 Å². The zero-order chi connectivity index (χ0) is 10.3. The molecule has 2 aliphatic heterocycles. The standard InChI is InChI=1S/C11H22N2O2/c1-2-11(15-8-1)10-14-9-7-13-5-3-12-4-6-13/h11-12H,1-10H2/t11-/m1/s1. The van der Waals surface area contributed by atoms with Crippen LogP contribution in [0.3, 0.4) is 0 Å². The second-order valence-corrected chi connectivity index (χ2v) is 4.30. The molecule has 0 bridgehead atoms. The molecule has 4 heteroatoms. The molecule has 0 unspecified atom stereocenters. The highest BCUT2D eigenvalue weighted by Gasteiger charge is 2.15. The van der Waals surface area contributed by atoms with Gasteiger partial charge in [0, 0.05) is 39.3 Å². The summed E-state index contributed by atoms with van der Waals surface area (Å²) in [6, 6.07) is 0. The van der Waals surface area contributed by atoms with Crippen molar-refractivity contribution >= 4 is 0 Å². The minimum atomic E-state index is 0.369. The zero-order valence-electron chi connectivity index (χ0n) is 9.41. The summed E-state index contributed by atoms with van der Waals surface area (Å²) in [6.07, 6.45) is 2.74. The van der Waals surface area contributed by atoms with E-state index in [1.165, 1.54) is 12.8 Å². The van der Waals surface area contributed by atoms with Crippen molar-refractivity contribution in [1.29, 1.82) is 0 Å². The number of nitrogens with zero attached hydrogens (tertiary/aromatic N) is 1. The van der Waals surface area contributed by atoms with Crippen molar-refractivity contribution in [2.75, 3.05) is 52.5 Å². The number of ether oxygens (including phenoxy) is 2. The Kier molecular flexibility index (Phi) is 4.86. The lowest BCUT2D eigenvalue weighted by atomic mass is 10.2. The summed E-state index contributed by atoms with van der Waals surface area (Å²) in [6.45, 7) is 8.16. The summed E-state index contributed by atoms with van der Waals surface area (Å²) >= 11 is 0. The Bertz CT molecular complexity index is 166. The predicted octanol–water partition coefficient (Wildman–Crippen LogP) is 0.0872. The van der Waals surface area contributed by atoms with Crippen molar-refractivity contribution in [3.63, 3.8) is 0 Å². The average molecular weight is 214 g/mol. The van der Waals surface area contributed by atoms with Gasteiger partial charge in [-0.3, -0.25) is 4.90 Å². The molecule has 0 saturated carbocycles. The van der Waals surface area contributed by atoms with Gasteiger partial charge < -0.3 is 14.8 Å². The molecule has 2 rings (SSSR count). The minimum Gasteiger partial charge on any atom is -0.377 e. The lowest BCUT2D eigenvalue weighted by molar-refractivity contribution is 0.00970. The topological polar surface area (TPSA) is 33.7 Å². The van der Waals surface area contributed by atoms with Crippen molar-refractivity contribution in [2.45, 2.75) is 18.9 Å². The van der Waals surface area contributed by atoms with Gasteiger partial charge in [0.05, 0.1) is 19.3 Å². The van der Waals surface area contributed by atoms with Gasteiger partial charge in [-0.1, -0.05) is 0 Å². The second kappa shape index (κ2) is 6.43. The Labute approximate surface area is 91.9 Å². The molecule has 0 spiro atoms. The molecule has 1 N–H and O–H groups in total. The van der Waals surface area contributed by atoms with Crippen molar-refractivity contribution in [1.82, 2.24) is 10.2 Å². The quantitative estimate of drug-likeness (QED) is 0.658. The molecule has 2 saturated heterocycles. The summed E-state index contributed by atoms with van der Waals surface area (Å²) < 4.78 is 11.1. The van der Waals surface area contributed by atoms with Crippen LogP contribution in [0.2, 0.25) is 0 Å². The first-order chi connectivity index (χ1) is 7.45. The van der Waals surface area contributed by atoms with Crippen molar-refractivity contribution in [2.24, 2.45) is 0 Å². The normalized spacial score (nSPS) is 28.4. The molecule has 0 aromatic rings.